The molecule has 1 aromatic carbocycles. The third-order valence-electron chi connectivity index (χ3n) is 4.48. The van der Waals surface area contributed by atoms with Gasteiger partial charge in [0.25, 0.3) is 0 Å². The summed E-state index contributed by atoms with van der Waals surface area (Å²) in [5.74, 6) is 3.12. The highest BCUT2D eigenvalue weighted by Crippen LogP contribution is 2.28. The van der Waals surface area contributed by atoms with E-state index in [2.05, 4.69) is 9.88 Å². The summed E-state index contributed by atoms with van der Waals surface area (Å²) < 4.78 is 5.46. The number of benzene rings is 1. The van der Waals surface area contributed by atoms with E-state index >= 15 is 0 Å². The molecule has 0 aliphatic carbocycles. The number of morpholine rings is 1. The molecule has 0 atom stereocenters. The van der Waals surface area contributed by atoms with E-state index < -0.39 is 0 Å². The average Bonchev–Trinajstić information content (AvgIpc) is 2.74. The van der Waals surface area contributed by atoms with Gasteiger partial charge in [-0.2, -0.15) is 0 Å². The Kier molecular flexibility index (Phi) is 4.84. The van der Waals surface area contributed by atoms with Crippen LogP contribution in [0.5, 0.6) is 5.75 Å². The number of rotatable bonds is 4. The first-order chi connectivity index (χ1) is 13.2. The molecule has 0 bridgehead atoms. The number of phenolic OH excluding ortho intramolecular Hbond substituents is 1. The first kappa shape index (κ1) is 17.2. The molecule has 3 heterocycles. The maximum Gasteiger partial charge on any atom is 0.164 e. The second-order valence-electron chi connectivity index (χ2n) is 6.30. The first-order valence-corrected chi connectivity index (χ1v) is 8.87. The third kappa shape index (κ3) is 3.83. The van der Waals surface area contributed by atoms with Gasteiger partial charge in [-0.15, -0.1) is 0 Å². The van der Waals surface area contributed by atoms with Gasteiger partial charge in [-0.1, -0.05) is 18.2 Å². The van der Waals surface area contributed by atoms with Crippen LogP contribution < -0.4 is 9.80 Å². The Hall–Kier alpha value is -3.19. The minimum atomic E-state index is 0.188. The number of aromatic hydroxyl groups is 1. The molecule has 0 spiro atoms. The van der Waals surface area contributed by atoms with Crippen molar-refractivity contribution in [3.8, 4) is 17.1 Å². The molecule has 0 radical (unpaired) electrons. The van der Waals surface area contributed by atoms with Crippen LogP contribution in [0.25, 0.3) is 11.4 Å². The van der Waals surface area contributed by atoms with E-state index in [-0.39, 0.29) is 5.75 Å². The summed E-state index contributed by atoms with van der Waals surface area (Å²) in [6.07, 6.45) is 1.76. The van der Waals surface area contributed by atoms with Crippen LogP contribution in [0.1, 0.15) is 0 Å². The number of phenols is 1. The molecule has 4 rings (SSSR count). The highest BCUT2D eigenvalue weighted by Gasteiger charge is 2.18. The molecule has 0 amide bonds. The predicted octanol–water partition coefficient (Wildman–Crippen LogP) is 2.85. The van der Waals surface area contributed by atoms with Gasteiger partial charge in [0.2, 0.25) is 0 Å². The van der Waals surface area contributed by atoms with Crippen LogP contribution in [0.2, 0.25) is 0 Å². The van der Waals surface area contributed by atoms with E-state index in [1.807, 2.05) is 42.3 Å². The Bertz CT molecular complexity index is 913. The molecule has 138 valence electrons. The van der Waals surface area contributed by atoms with Crippen molar-refractivity contribution >= 4 is 17.5 Å². The molecule has 0 saturated carbocycles. The lowest BCUT2D eigenvalue weighted by atomic mass is 10.2. The number of anilines is 3. The molecule has 1 aliphatic heterocycles. The van der Waals surface area contributed by atoms with Gasteiger partial charge < -0.3 is 19.6 Å². The molecular weight excluding hydrogens is 342 g/mol. The van der Waals surface area contributed by atoms with Crippen molar-refractivity contribution in [2.24, 2.45) is 0 Å². The minimum absolute atomic E-state index is 0.188. The van der Waals surface area contributed by atoms with Crippen LogP contribution in [-0.2, 0) is 4.74 Å². The van der Waals surface area contributed by atoms with E-state index in [1.54, 1.807) is 24.4 Å². The fourth-order valence-electron chi connectivity index (χ4n) is 2.99. The number of ether oxygens (including phenoxy) is 1. The summed E-state index contributed by atoms with van der Waals surface area (Å²) in [6.45, 7) is 2.92. The van der Waals surface area contributed by atoms with E-state index in [0.717, 1.165) is 36.1 Å². The molecule has 1 N–H and O–H groups in total. The van der Waals surface area contributed by atoms with Crippen LogP contribution >= 0.6 is 0 Å². The zero-order valence-corrected chi connectivity index (χ0v) is 15.1. The van der Waals surface area contributed by atoms with E-state index in [1.165, 1.54) is 0 Å². The number of hydrogen-bond acceptors (Lipinski definition) is 7. The summed E-state index contributed by atoms with van der Waals surface area (Å²) in [6, 6.07) is 14.7. The Morgan fingerprint density at radius 2 is 1.85 bits per heavy atom. The summed E-state index contributed by atoms with van der Waals surface area (Å²) in [4.78, 5) is 18.0. The Labute approximate surface area is 157 Å². The molecule has 27 heavy (non-hydrogen) atoms. The van der Waals surface area contributed by atoms with Gasteiger partial charge in [-0.05, 0) is 24.3 Å². The van der Waals surface area contributed by atoms with E-state index in [9.17, 15) is 5.11 Å². The van der Waals surface area contributed by atoms with Gasteiger partial charge in [0.15, 0.2) is 5.82 Å². The highest BCUT2D eigenvalue weighted by atomic mass is 16.5. The molecular formula is C20H21N5O2. The molecule has 0 unspecified atom stereocenters. The summed E-state index contributed by atoms with van der Waals surface area (Å²) in [5, 5.41) is 9.85. The van der Waals surface area contributed by atoms with Crippen molar-refractivity contribution in [3.05, 3.63) is 54.7 Å². The first-order valence-electron chi connectivity index (χ1n) is 8.87. The standard InChI is InChI=1S/C20H21N5O2/c1-24(17-7-2-3-8-21-17)18-14-19(25-9-11-27-12-10-25)23-20(22-18)15-5-4-6-16(26)13-15/h2-8,13-14,26H,9-12H2,1H3. The number of hydrogen-bond donors (Lipinski definition) is 1. The molecule has 1 aliphatic rings. The minimum Gasteiger partial charge on any atom is -0.508 e. The summed E-state index contributed by atoms with van der Waals surface area (Å²) in [7, 11) is 1.93. The van der Waals surface area contributed by atoms with Crippen molar-refractivity contribution in [1.82, 2.24) is 15.0 Å². The zero-order valence-electron chi connectivity index (χ0n) is 15.1. The molecule has 1 fully saturated rings. The summed E-state index contributed by atoms with van der Waals surface area (Å²) >= 11 is 0. The molecule has 1 saturated heterocycles. The van der Waals surface area contributed by atoms with Crippen molar-refractivity contribution in [1.29, 1.82) is 0 Å². The maximum atomic E-state index is 9.85. The second kappa shape index (κ2) is 7.59. The normalized spacial score (nSPS) is 14.2. The lowest BCUT2D eigenvalue weighted by molar-refractivity contribution is 0.122. The van der Waals surface area contributed by atoms with Crippen LogP contribution in [-0.4, -0.2) is 53.4 Å². The lowest BCUT2D eigenvalue weighted by Crippen LogP contribution is -2.37. The number of aromatic nitrogens is 3. The van der Waals surface area contributed by atoms with Crippen LogP contribution in [0.4, 0.5) is 17.5 Å². The Morgan fingerprint density at radius 1 is 1.00 bits per heavy atom. The quantitative estimate of drug-likeness (QED) is 0.764. The van der Waals surface area contributed by atoms with Gasteiger partial charge in [-0.25, -0.2) is 15.0 Å². The van der Waals surface area contributed by atoms with Gasteiger partial charge in [0.1, 0.15) is 23.2 Å². The van der Waals surface area contributed by atoms with Crippen molar-refractivity contribution in [2.45, 2.75) is 0 Å². The third-order valence-corrected chi connectivity index (χ3v) is 4.48. The smallest absolute Gasteiger partial charge is 0.164 e. The van der Waals surface area contributed by atoms with Gasteiger partial charge in [-0.3, -0.25) is 0 Å². The molecule has 2 aromatic heterocycles. The molecule has 3 aromatic rings. The average molecular weight is 363 g/mol. The second-order valence-corrected chi connectivity index (χ2v) is 6.30. The number of nitrogens with zero attached hydrogens (tertiary/aromatic N) is 5. The van der Waals surface area contributed by atoms with E-state index in [0.29, 0.717) is 19.0 Å². The van der Waals surface area contributed by atoms with Gasteiger partial charge in [0.05, 0.1) is 13.2 Å². The van der Waals surface area contributed by atoms with Gasteiger partial charge in [0, 0.05) is 38.0 Å². The van der Waals surface area contributed by atoms with Crippen LogP contribution in [0.15, 0.2) is 54.7 Å². The van der Waals surface area contributed by atoms with Gasteiger partial charge >= 0.3 is 0 Å². The largest absolute Gasteiger partial charge is 0.508 e. The predicted molar refractivity (Wildman–Crippen MR) is 104 cm³/mol. The lowest BCUT2D eigenvalue weighted by Gasteiger charge is -2.29. The van der Waals surface area contributed by atoms with Crippen molar-refractivity contribution in [3.63, 3.8) is 0 Å². The zero-order chi connectivity index (χ0) is 18.6. The number of pyridine rings is 1. The SMILES string of the molecule is CN(c1ccccn1)c1cc(N2CCOCC2)nc(-c2cccc(O)c2)n1. The fourth-order valence-corrected chi connectivity index (χ4v) is 2.99. The Morgan fingerprint density at radius 3 is 2.59 bits per heavy atom. The Balaban J connectivity index is 1.78. The summed E-state index contributed by atoms with van der Waals surface area (Å²) in [5.41, 5.74) is 0.765. The van der Waals surface area contributed by atoms with Crippen LogP contribution in [0, 0.1) is 0 Å². The van der Waals surface area contributed by atoms with E-state index in [4.69, 9.17) is 14.7 Å². The monoisotopic (exact) mass is 363 g/mol. The maximum absolute atomic E-state index is 9.85. The molecule has 7 nitrogen and oxygen atoms in total. The van der Waals surface area contributed by atoms with Crippen molar-refractivity contribution in [2.75, 3.05) is 43.2 Å². The highest BCUT2D eigenvalue weighted by molar-refractivity contribution is 5.66. The van der Waals surface area contributed by atoms with Crippen LogP contribution in [0.3, 0.4) is 0 Å². The topological polar surface area (TPSA) is 74.6 Å². The fraction of sp³-hybridized carbons (Fsp3) is 0.250. The van der Waals surface area contributed by atoms with Crippen molar-refractivity contribution < 1.29 is 9.84 Å². The molecule has 7 heteroatoms.